The molecule has 0 fully saturated rings. The predicted octanol–water partition coefficient (Wildman–Crippen LogP) is 16.4. The molecule has 6 nitrogen and oxygen atoms in total. The number of esters is 3. The van der Waals surface area contributed by atoms with Crippen LogP contribution < -0.4 is 0 Å². The summed E-state index contributed by atoms with van der Waals surface area (Å²) < 4.78 is 16.6. The molecule has 0 bridgehead atoms. The van der Waals surface area contributed by atoms with Gasteiger partial charge < -0.3 is 14.2 Å². The average molecular weight is 891 g/mol. The van der Waals surface area contributed by atoms with Crippen LogP contribution in [0.5, 0.6) is 0 Å². The molecule has 1 unspecified atom stereocenters. The molecule has 0 aromatic carbocycles. The van der Waals surface area contributed by atoms with Crippen molar-refractivity contribution in [2.45, 2.75) is 168 Å². The van der Waals surface area contributed by atoms with Crippen LogP contribution in [-0.2, 0) is 28.6 Å². The molecule has 0 aliphatic heterocycles. The molecule has 358 valence electrons. The molecule has 0 spiro atoms. The van der Waals surface area contributed by atoms with Crippen molar-refractivity contribution in [1.29, 1.82) is 0 Å². The molecule has 0 N–H and O–H groups in total. The summed E-state index contributed by atoms with van der Waals surface area (Å²) in [5.74, 6) is -1.09. The maximum Gasteiger partial charge on any atom is 0.306 e. The van der Waals surface area contributed by atoms with Gasteiger partial charge in [-0.25, -0.2) is 0 Å². The van der Waals surface area contributed by atoms with Gasteiger partial charge in [-0.2, -0.15) is 0 Å². The number of hydrogen-bond acceptors (Lipinski definition) is 6. The second-order valence-corrected chi connectivity index (χ2v) is 15.4. The Morgan fingerprint density at radius 2 is 0.646 bits per heavy atom. The molecule has 0 radical (unpaired) electrons. The smallest absolute Gasteiger partial charge is 0.306 e. The van der Waals surface area contributed by atoms with Crippen LogP contribution in [0.4, 0.5) is 0 Å². The van der Waals surface area contributed by atoms with E-state index in [1.807, 2.05) is 60.8 Å². The van der Waals surface area contributed by atoms with Gasteiger partial charge in [0.25, 0.3) is 0 Å². The van der Waals surface area contributed by atoms with Gasteiger partial charge in [-0.1, -0.05) is 204 Å². The third-order valence-electron chi connectivity index (χ3n) is 9.36. The first-order chi connectivity index (χ1) is 32.0. The molecule has 0 rings (SSSR count). The van der Waals surface area contributed by atoms with E-state index in [2.05, 4.69) is 130 Å². The van der Waals surface area contributed by atoms with Gasteiger partial charge in [0, 0.05) is 19.3 Å². The van der Waals surface area contributed by atoms with Gasteiger partial charge in [-0.15, -0.1) is 0 Å². The average Bonchev–Trinajstić information content (AvgIpc) is 3.30. The Balaban J connectivity index is 4.62. The van der Waals surface area contributed by atoms with Gasteiger partial charge in [-0.05, 0) is 109 Å². The Hall–Kier alpha value is -5.23. The largest absolute Gasteiger partial charge is 0.462 e. The molecule has 0 aliphatic carbocycles. The number of carbonyl (C=O) groups excluding carboxylic acids is 3. The minimum atomic E-state index is -0.844. The summed E-state index contributed by atoms with van der Waals surface area (Å²) in [6.45, 7) is 6.10. The molecule has 6 heteroatoms. The molecule has 0 aromatic heterocycles. The predicted molar refractivity (Wildman–Crippen MR) is 278 cm³/mol. The van der Waals surface area contributed by atoms with E-state index in [1.165, 1.54) is 0 Å². The third-order valence-corrected chi connectivity index (χ3v) is 9.36. The minimum absolute atomic E-state index is 0.139. The van der Waals surface area contributed by atoms with E-state index in [-0.39, 0.29) is 44.0 Å². The van der Waals surface area contributed by atoms with Crippen molar-refractivity contribution in [3.63, 3.8) is 0 Å². The molecule has 0 amide bonds. The topological polar surface area (TPSA) is 78.9 Å². The highest BCUT2D eigenvalue weighted by molar-refractivity contribution is 5.71. The van der Waals surface area contributed by atoms with Gasteiger partial charge in [0.2, 0.25) is 0 Å². The van der Waals surface area contributed by atoms with Crippen LogP contribution in [0, 0.1) is 0 Å². The summed E-state index contributed by atoms with van der Waals surface area (Å²) in [5.41, 5.74) is 0. The van der Waals surface area contributed by atoms with Crippen molar-refractivity contribution >= 4 is 17.9 Å². The third kappa shape index (κ3) is 49.6. The summed E-state index contributed by atoms with van der Waals surface area (Å²) in [5, 5.41) is 0. The van der Waals surface area contributed by atoms with E-state index in [9.17, 15) is 14.4 Å². The van der Waals surface area contributed by atoms with Crippen molar-refractivity contribution in [2.75, 3.05) is 13.2 Å². The van der Waals surface area contributed by atoms with Crippen LogP contribution in [0.15, 0.2) is 170 Å². The van der Waals surface area contributed by atoms with Crippen LogP contribution in [0.2, 0.25) is 0 Å². The highest BCUT2D eigenvalue weighted by atomic mass is 16.6. The van der Waals surface area contributed by atoms with Gasteiger partial charge in [0.15, 0.2) is 6.10 Å². The Bertz CT molecular complexity index is 1590. The fourth-order valence-electron chi connectivity index (χ4n) is 5.76. The molecule has 0 saturated heterocycles. The quantitative estimate of drug-likeness (QED) is 0.0200. The number of rotatable bonds is 41. The number of hydrogen-bond donors (Lipinski definition) is 0. The van der Waals surface area contributed by atoms with E-state index in [0.717, 1.165) is 109 Å². The molecule has 0 heterocycles. The number of allylic oxidation sites excluding steroid dienone is 28. The molecule has 0 aliphatic rings. The van der Waals surface area contributed by atoms with Gasteiger partial charge in [0.1, 0.15) is 13.2 Å². The van der Waals surface area contributed by atoms with Gasteiger partial charge in [-0.3, -0.25) is 14.4 Å². The fraction of sp³-hybridized carbons (Fsp3) is 0.475. The zero-order chi connectivity index (χ0) is 47.2. The molecule has 0 aromatic rings. The lowest BCUT2D eigenvalue weighted by Crippen LogP contribution is -2.30. The maximum atomic E-state index is 12.8. The maximum absolute atomic E-state index is 12.8. The number of ether oxygens (including phenoxy) is 3. The summed E-state index contributed by atoms with van der Waals surface area (Å²) in [6.07, 6.45) is 76.3. The van der Waals surface area contributed by atoms with Crippen molar-refractivity contribution in [3.05, 3.63) is 170 Å². The zero-order valence-corrected chi connectivity index (χ0v) is 40.7. The van der Waals surface area contributed by atoms with Crippen LogP contribution in [0.25, 0.3) is 0 Å². The zero-order valence-electron chi connectivity index (χ0n) is 40.7. The Morgan fingerprint density at radius 1 is 0.323 bits per heavy atom. The molecule has 1 atom stereocenters. The molecule has 65 heavy (non-hydrogen) atoms. The number of unbranched alkanes of at least 4 members (excludes halogenated alkanes) is 7. The Morgan fingerprint density at radius 3 is 1.08 bits per heavy atom. The first kappa shape index (κ1) is 59.8. The fourth-order valence-corrected chi connectivity index (χ4v) is 5.76. The summed E-state index contributed by atoms with van der Waals surface area (Å²) >= 11 is 0. The van der Waals surface area contributed by atoms with Crippen molar-refractivity contribution in [3.8, 4) is 0 Å². The van der Waals surface area contributed by atoms with E-state index in [4.69, 9.17) is 14.2 Å². The van der Waals surface area contributed by atoms with Crippen molar-refractivity contribution in [2.24, 2.45) is 0 Å². The standard InChI is InChI=1S/C59H86O6/c1-4-7-10-13-16-19-22-24-26-28-29-31-32-34-37-40-43-46-49-52-58(61)64-55-56(54-63-57(60)51-48-45-42-39-36-21-18-15-12-9-6-3)65-59(62)53-50-47-44-41-38-35-33-30-27-25-23-20-17-14-11-8-5-2/h7-12,14,16-21,23-27,29-31,33-35,37-39,42,56H,4-6,13,15,22,28,32,36,40-41,43-55H2,1-3H3/b10-7-,11-8-,12-9-,17-14-,19-16-,21-18-,23-20-,26-24-,27-25-,31-29-,33-30+,37-34-,38-35-,42-39-. The van der Waals surface area contributed by atoms with E-state index >= 15 is 0 Å². The summed E-state index contributed by atoms with van der Waals surface area (Å²) in [7, 11) is 0. The van der Waals surface area contributed by atoms with E-state index in [1.54, 1.807) is 0 Å². The minimum Gasteiger partial charge on any atom is -0.462 e. The Kier molecular flexibility index (Phi) is 47.3. The first-order valence-corrected chi connectivity index (χ1v) is 24.7. The van der Waals surface area contributed by atoms with Crippen LogP contribution >= 0.6 is 0 Å². The van der Waals surface area contributed by atoms with Gasteiger partial charge >= 0.3 is 17.9 Å². The molecular weight excluding hydrogens is 805 g/mol. The lowest BCUT2D eigenvalue weighted by atomic mass is 10.1. The van der Waals surface area contributed by atoms with Crippen molar-refractivity contribution < 1.29 is 28.6 Å². The highest BCUT2D eigenvalue weighted by Gasteiger charge is 2.19. The van der Waals surface area contributed by atoms with Crippen LogP contribution in [-0.4, -0.2) is 37.2 Å². The monoisotopic (exact) mass is 891 g/mol. The summed E-state index contributed by atoms with van der Waals surface area (Å²) in [4.78, 5) is 37.9. The lowest BCUT2D eigenvalue weighted by Gasteiger charge is -2.18. The highest BCUT2D eigenvalue weighted by Crippen LogP contribution is 2.10. The summed E-state index contributed by atoms with van der Waals surface area (Å²) in [6, 6.07) is 0. The normalized spacial score (nSPS) is 13.6. The number of carbonyl (C=O) groups is 3. The lowest BCUT2D eigenvalue weighted by molar-refractivity contribution is -0.167. The second-order valence-electron chi connectivity index (χ2n) is 15.4. The van der Waals surface area contributed by atoms with Crippen LogP contribution in [0.1, 0.15) is 162 Å². The SMILES string of the molecule is CC\C=C/C=C\C=C/C=C\C=C\C=C/CCCCCC(=O)OC(COC(=O)CCC/C=C\C/C=C\C/C=C\CC)COC(=O)CCCCC/C=C\C/C=C\C/C=C\C/C=C\C/C=C\CC. The molecule has 0 saturated carbocycles. The van der Waals surface area contributed by atoms with Crippen LogP contribution in [0.3, 0.4) is 0 Å². The van der Waals surface area contributed by atoms with E-state index < -0.39 is 6.10 Å². The molecular formula is C59H86O6. The van der Waals surface area contributed by atoms with Gasteiger partial charge in [0.05, 0.1) is 0 Å². The van der Waals surface area contributed by atoms with E-state index in [0.29, 0.717) is 19.3 Å². The Labute approximate surface area is 396 Å². The second kappa shape index (κ2) is 51.4. The van der Waals surface area contributed by atoms with Crippen molar-refractivity contribution in [1.82, 2.24) is 0 Å². The first-order valence-electron chi connectivity index (χ1n) is 24.7.